The first-order valence-corrected chi connectivity index (χ1v) is 9.40. The summed E-state index contributed by atoms with van der Waals surface area (Å²) in [6, 6.07) is 15.9. The maximum absolute atomic E-state index is 12.6. The predicted molar refractivity (Wildman–Crippen MR) is 106 cm³/mol. The number of carbonyl (C=O) groups is 1. The molecule has 2 N–H and O–H groups in total. The number of H-pyrrole nitrogens is 1. The van der Waals surface area contributed by atoms with Crippen LogP contribution in [0.5, 0.6) is 0 Å². The Hall–Kier alpha value is -2.30. The first kappa shape index (κ1) is 17.1. The Kier molecular flexibility index (Phi) is 4.96. The molecule has 3 aromatic rings. The zero-order chi connectivity index (χ0) is 17.9. The van der Waals surface area contributed by atoms with Gasteiger partial charge in [0.1, 0.15) is 0 Å². The standard InChI is InChI=1S/C21H22ClN3O/c22-18-6-3-15(4-7-18)13-25-11-1-2-19(14-25)24-21(26)17-5-8-20-16(12-17)9-10-23-20/h3-10,12,19,23H,1-2,11,13-14H2,(H,24,26)/t19-/m1/s1. The number of aromatic nitrogens is 1. The van der Waals surface area contributed by atoms with Gasteiger partial charge < -0.3 is 10.3 Å². The van der Waals surface area contributed by atoms with Gasteiger partial charge in [-0.05, 0) is 61.3 Å². The minimum absolute atomic E-state index is 0.00597. The summed E-state index contributed by atoms with van der Waals surface area (Å²) < 4.78 is 0. The number of halogens is 1. The number of benzene rings is 2. The quantitative estimate of drug-likeness (QED) is 0.725. The minimum Gasteiger partial charge on any atom is -0.361 e. The molecule has 0 unspecified atom stereocenters. The summed E-state index contributed by atoms with van der Waals surface area (Å²) in [5.74, 6) is 0.00597. The number of likely N-dealkylation sites (tertiary alicyclic amines) is 1. The van der Waals surface area contributed by atoms with Gasteiger partial charge in [0.2, 0.25) is 0 Å². The molecule has 1 amide bonds. The van der Waals surface area contributed by atoms with Crippen LogP contribution in [0.15, 0.2) is 54.7 Å². The van der Waals surface area contributed by atoms with Crippen molar-refractivity contribution in [1.29, 1.82) is 0 Å². The molecular formula is C21H22ClN3O. The number of hydrogen-bond acceptors (Lipinski definition) is 2. The van der Waals surface area contributed by atoms with Gasteiger partial charge in [-0.25, -0.2) is 0 Å². The van der Waals surface area contributed by atoms with Crippen LogP contribution >= 0.6 is 11.6 Å². The fourth-order valence-corrected chi connectivity index (χ4v) is 3.75. The maximum atomic E-state index is 12.6. The largest absolute Gasteiger partial charge is 0.361 e. The molecule has 0 bridgehead atoms. The van der Waals surface area contributed by atoms with Gasteiger partial charge in [-0.15, -0.1) is 0 Å². The molecule has 1 aromatic heterocycles. The highest BCUT2D eigenvalue weighted by Gasteiger charge is 2.22. The molecule has 134 valence electrons. The zero-order valence-electron chi connectivity index (χ0n) is 14.5. The molecular weight excluding hydrogens is 346 g/mol. The van der Waals surface area contributed by atoms with E-state index in [9.17, 15) is 4.79 Å². The molecule has 0 aliphatic carbocycles. The van der Waals surface area contributed by atoms with E-state index >= 15 is 0 Å². The molecule has 1 aliphatic rings. The molecule has 0 spiro atoms. The van der Waals surface area contributed by atoms with E-state index in [1.807, 2.05) is 42.6 Å². The van der Waals surface area contributed by atoms with Crippen molar-refractivity contribution in [3.8, 4) is 0 Å². The number of nitrogens with zero attached hydrogens (tertiary/aromatic N) is 1. The fourth-order valence-electron chi connectivity index (χ4n) is 3.63. The second-order valence-corrected chi connectivity index (χ2v) is 7.39. The van der Waals surface area contributed by atoms with E-state index in [4.69, 9.17) is 11.6 Å². The lowest BCUT2D eigenvalue weighted by Crippen LogP contribution is -2.47. The van der Waals surface area contributed by atoms with Crippen molar-refractivity contribution in [2.75, 3.05) is 13.1 Å². The van der Waals surface area contributed by atoms with Crippen LogP contribution in [-0.4, -0.2) is 34.9 Å². The highest BCUT2D eigenvalue weighted by atomic mass is 35.5. The monoisotopic (exact) mass is 367 g/mol. The molecule has 2 aromatic carbocycles. The lowest BCUT2D eigenvalue weighted by Gasteiger charge is -2.33. The summed E-state index contributed by atoms with van der Waals surface area (Å²) in [6.45, 7) is 2.82. The van der Waals surface area contributed by atoms with Crippen LogP contribution < -0.4 is 5.32 Å². The lowest BCUT2D eigenvalue weighted by atomic mass is 10.0. The Morgan fingerprint density at radius 3 is 2.88 bits per heavy atom. The summed E-state index contributed by atoms with van der Waals surface area (Å²) >= 11 is 5.96. The second-order valence-electron chi connectivity index (χ2n) is 6.95. The van der Waals surface area contributed by atoms with E-state index in [1.54, 1.807) is 0 Å². The van der Waals surface area contributed by atoms with Crippen molar-refractivity contribution in [2.45, 2.75) is 25.4 Å². The van der Waals surface area contributed by atoms with Crippen molar-refractivity contribution in [2.24, 2.45) is 0 Å². The van der Waals surface area contributed by atoms with Gasteiger partial charge in [-0.3, -0.25) is 9.69 Å². The molecule has 1 atom stereocenters. The highest BCUT2D eigenvalue weighted by molar-refractivity contribution is 6.30. The van der Waals surface area contributed by atoms with Crippen molar-refractivity contribution in [3.05, 3.63) is 70.9 Å². The number of piperidine rings is 1. The van der Waals surface area contributed by atoms with Gasteiger partial charge in [0.05, 0.1) is 0 Å². The Bertz CT molecular complexity index is 903. The van der Waals surface area contributed by atoms with Crippen LogP contribution in [0.3, 0.4) is 0 Å². The number of nitrogens with one attached hydrogen (secondary N) is 2. The van der Waals surface area contributed by atoms with E-state index in [1.165, 1.54) is 5.56 Å². The molecule has 4 nitrogen and oxygen atoms in total. The summed E-state index contributed by atoms with van der Waals surface area (Å²) in [4.78, 5) is 18.2. The number of fused-ring (bicyclic) bond motifs is 1. The number of rotatable bonds is 4. The molecule has 0 saturated carbocycles. The number of hydrogen-bond donors (Lipinski definition) is 2. The van der Waals surface area contributed by atoms with Crippen molar-refractivity contribution in [1.82, 2.24) is 15.2 Å². The average molecular weight is 368 g/mol. The predicted octanol–water partition coefficient (Wildman–Crippen LogP) is 4.22. The fraction of sp³-hybridized carbons (Fsp3) is 0.286. The smallest absolute Gasteiger partial charge is 0.251 e. The summed E-state index contributed by atoms with van der Waals surface area (Å²) in [5, 5.41) is 5.03. The van der Waals surface area contributed by atoms with Gasteiger partial charge in [-0.2, -0.15) is 0 Å². The second kappa shape index (κ2) is 7.52. The normalized spacial score (nSPS) is 18.1. The van der Waals surface area contributed by atoms with E-state index in [2.05, 4.69) is 27.3 Å². The Morgan fingerprint density at radius 2 is 2.04 bits per heavy atom. The molecule has 26 heavy (non-hydrogen) atoms. The van der Waals surface area contributed by atoms with Crippen molar-refractivity contribution >= 4 is 28.4 Å². The molecule has 1 saturated heterocycles. The third kappa shape index (κ3) is 3.92. The van der Waals surface area contributed by atoms with E-state index in [0.717, 1.165) is 48.4 Å². The number of amides is 1. The van der Waals surface area contributed by atoms with Crippen LogP contribution in [0.4, 0.5) is 0 Å². The van der Waals surface area contributed by atoms with Crippen LogP contribution in [0.1, 0.15) is 28.8 Å². The third-order valence-corrected chi connectivity index (χ3v) is 5.23. The molecule has 1 fully saturated rings. The van der Waals surface area contributed by atoms with Crippen LogP contribution in [-0.2, 0) is 6.54 Å². The Labute approximate surface area is 158 Å². The number of carbonyl (C=O) groups excluding carboxylic acids is 1. The van der Waals surface area contributed by atoms with Gasteiger partial charge >= 0.3 is 0 Å². The van der Waals surface area contributed by atoms with Gasteiger partial charge in [0, 0.05) is 46.8 Å². The maximum Gasteiger partial charge on any atom is 0.251 e. The van der Waals surface area contributed by atoms with Crippen LogP contribution in [0.25, 0.3) is 10.9 Å². The lowest BCUT2D eigenvalue weighted by molar-refractivity contribution is 0.0901. The van der Waals surface area contributed by atoms with Gasteiger partial charge in [-0.1, -0.05) is 23.7 Å². The average Bonchev–Trinajstić information content (AvgIpc) is 3.12. The Morgan fingerprint density at radius 1 is 1.19 bits per heavy atom. The third-order valence-electron chi connectivity index (χ3n) is 4.98. The highest BCUT2D eigenvalue weighted by Crippen LogP contribution is 2.18. The summed E-state index contributed by atoms with van der Waals surface area (Å²) in [5.41, 5.74) is 3.01. The molecule has 2 heterocycles. The van der Waals surface area contributed by atoms with Crippen molar-refractivity contribution < 1.29 is 4.79 Å². The first-order valence-electron chi connectivity index (χ1n) is 9.02. The van der Waals surface area contributed by atoms with E-state index in [-0.39, 0.29) is 11.9 Å². The molecule has 0 radical (unpaired) electrons. The van der Waals surface area contributed by atoms with E-state index < -0.39 is 0 Å². The summed E-state index contributed by atoms with van der Waals surface area (Å²) in [6.07, 6.45) is 4.01. The van der Waals surface area contributed by atoms with E-state index in [0.29, 0.717) is 5.56 Å². The Balaban J connectivity index is 1.38. The van der Waals surface area contributed by atoms with Crippen LogP contribution in [0.2, 0.25) is 5.02 Å². The first-order chi connectivity index (χ1) is 12.7. The van der Waals surface area contributed by atoms with Crippen molar-refractivity contribution in [3.63, 3.8) is 0 Å². The molecule has 1 aliphatic heterocycles. The van der Waals surface area contributed by atoms with Gasteiger partial charge in [0.15, 0.2) is 0 Å². The SMILES string of the molecule is O=C(N[C@@H]1CCCN(Cc2ccc(Cl)cc2)C1)c1ccc2[nH]ccc2c1. The molecule has 4 rings (SSSR count). The van der Waals surface area contributed by atoms with Crippen LogP contribution in [0, 0.1) is 0 Å². The number of aromatic amines is 1. The summed E-state index contributed by atoms with van der Waals surface area (Å²) in [7, 11) is 0. The topological polar surface area (TPSA) is 48.1 Å². The van der Waals surface area contributed by atoms with Gasteiger partial charge in [0.25, 0.3) is 5.91 Å². The minimum atomic E-state index is 0.00597. The molecule has 5 heteroatoms. The zero-order valence-corrected chi connectivity index (χ0v) is 15.3.